The maximum atomic E-state index is 12.5. The highest BCUT2D eigenvalue weighted by molar-refractivity contribution is 9.10. The van der Waals surface area contributed by atoms with E-state index in [1.807, 2.05) is 4.90 Å². The van der Waals surface area contributed by atoms with Crippen molar-refractivity contribution in [2.45, 2.75) is 38.6 Å². The summed E-state index contributed by atoms with van der Waals surface area (Å²) in [6, 6.07) is 4.84. The van der Waals surface area contributed by atoms with Crippen molar-refractivity contribution in [3.05, 3.63) is 28.2 Å². The van der Waals surface area contributed by atoms with E-state index in [0.29, 0.717) is 10.2 Å². The molecule has 1 unspecified atom stereocenters. The third kappa shape index (κ3) is 3.56. The SMILES string of the molecule is CCC1CCCCN1C(=O)Nc1c(Br)cccc1C(=O)O. The molecule has 1 fully saturated rings. The largest absolute Gasteiger partial charge is 0.478 e. The van der Waals surface area contributed by atoms with Gasteiger partial charge in [-0.2, -0.15) is 0 Å². The van der Waals surface area contributed by atoms with Gasteiger partial charge in [0.2, 0.25) is 0 Å². The molecule has 2 N–H and O–H groups in total. The number of aromatic carboxylic acids is 1. The van der Waals surface area contributed by atoms with Crippen molar-refractivity contribution >= 4 is 33.6 Å². The van der Waals surface area contributed by atoms with Crippen LogP contribution in [-0.2, 0) is 0 Å². The van der Waals surface area contributed by atoms with Crippen LogP contribution in [0.25, 0.3) is 0 Å². The van der Waals surface area contributed by atoms with E-state index in [4.69, 9.17) is 0 Å². The molecule has 0 radical (unpaired) electrons. The standard InChI is InChI=1S/C15H19BrN2O3/c1-2-10-6-3-4-9-18(10)15(21)17-13-11(14(19)20)7-5-8-12(13)16/h5,7-8,10H,2-4,6,9H2,1H3,(H,17,21)(H,19,20). The van der Waals surface area contributed by atoms with Gasteiger partial charge >= 0.3 is 12.0 Å². The number of anilines is 1. The zero-order valence-electron chi connectivity index (χ0n) is 11.9. The average Bonchev–Trinajstić information content (AvgIpc) is 2.48. The van der Waals surface area contributed by atoms with E-state index in [9.17, 15) is 14.7 Å². The first-order valence-corrected chi connectivity index (χ1v) is 7.93. The minimum Gasteiger partial charge on any atom is -0.478 e. The van der Waals surface area contributed by atoms with Crippen LogP contribution in [-0.4, -0.2) is 34.6 Å². The van der Waals surface area contributed by atoms with Crippen molar-refractivity contribution in [1.82, 2.24) is 4.90 Å². The molecule has 1 heterocycles. The highest BCUT2D eigenvalue weighted by Crippen LogP contribution is 2.28. The number of hydrogen-bond acceptors (Lipinski definition) is 2. The summed E-state index contributed by atoms with van der Waals surface area (Å²) in [5.41, 5.74) is 0.401. The van der Waals surface area contributed by atoms with Crippen LogP contribution in [0.4, 0.5) is 10.5 Å². The van der Waals surface area contributed by atoms with Gasteiger partial charge in [-0.15, -0.1) is 0 Å². The molecule has 0 saturated carbocycles. The Balaban J connectivity index is 2.21. The predicted molar refractivity (Wildman–Crippen MR) is 84.8 cm³/mol. The fourth-order valence-electron chi connectivity index (χ4n) is 2.70. The van der Waals surface area contributed by atoms with Gasteiger partial charge in [-0.1, -0.05) is 13.0 Å². The van der Waals surface area contributed by atoms with Crippen LogP contribution >= 0.6 is 15.9 Å². The average molecular weight is 355 g/mol. The number of amides is 2. The lowest BCUT2D eigenvalue weighted by Crippen LogP contribution is -2.45. The molecule has 2 amide bonds. The van der Waals surface area contributed by atoms with Crippen LogP contribution in [0, 0.1) is 0 Å². The number of carbonyl (C=O) groups is 2. The number of carbonyl (C=O) groups excluding carboxylic acids is 1. The van der Waals surface area contributed by atoms with E-state index in [1.165, 1.54) is 6.07 Å². The summed E-state index contributed by atoms with van der Waals surface area (Å²) in [6.45, 7) is 2.79. The fraction of sp³-hybridized carbons (Fsp3) is 0.467. The van der Waals surface area contributed by atoms with Gasteiger partial charge in [0.1, 0.15) is 0 Å². The number of urea groups is 1. The normalized spacial score (nSPS) is 18.4. The molecule has 0 spiro atoms. The number of carboxylic acids is 1. The topological polar surface area (TPSA) is 69.6 Å². The van der Waals surface area contributed by atoms with Crippen molar-refractivity contribution in [2.24, 2.45) is 0 Å². The molecule has 5 nitrogen and oxygen atoms in total. The lowest BCUT2D eigenvalue weighted by molar-refractivity contribution is 0.0698. The van der Waals surface area contributed by atoms with E-state index in [2.05, 4.69) is 28.2 Å². The number of para-hydroxylation sites is 1. The second-order valence-corrected chi connectivity index (χ2v) is 6.00. The zero-order valence-corrected chi connectivity index (χ0v) is 13.5. The first-order chi connectivity index (χ1) is 10.0. The molecule has 1 atom stereocenters. The van der Waals surface area contributed by atoms with Gasteiger partial charge in [-0.3, -0.25) is 0 Å². The molecule has 0 aliphatic carbocycles. The number of halogens is 1. The van der Waals surface area contributed by atoms with Crippen molar-refractivity contribution in [1.29, 1.82) is 0 Å². The number of carboxylic acid groups (broad SMARTS) is 1. The van der Waals surface area contributed by atoms with Crippen molar-refractivity contribution in [3.63, 3.8) is 0 Å². The molecule has 1 aliphatic heterocycles. The number of piperidine rings is 1. The molecule has 0 aromatic heterocycles. The molecule has 6 heteroatoms. The van der Waals surface area contributed by atoms with Gasteiger partial charge in [-0.25, -0.2) is 9.59 Å². The van der Waals surface area contributed by atoms with Gasteiger partial charge in [-0.05, 0) is 53.7 Å². The number of likely N-dealkylation sites (tertiary alicyclic amines) is 1. The minimum absolute atomic E-state index is 0.0859. The second kappa shape index (κ2) is 6.93. The summed E-state index contributed by atoms with van der Waals surface area (Å²) >= 11 is 3.30. The molecule has 1 saturated heterocycles. The van der Waals surface area contributed by atoms with E-state index < -0.39 is 5.97 Å². The zero-order chi connectivity index (χ0) is 15.4. The minimum atomic E-state index is -1.06. The monoisotopic (exact) mass is 354 g/mol. The Labute approximate surface area is 132 Å². The number of hydrogen-bond donors (Lipinski definition) is 2. The van der Waals surface area contributed by atoms with Gasteiger partial charge < -0.3 is 15.3 Å². The molecule has 21 heavy (non-hydrogen) atoms. The van der Waals surface area contributed by atoms with Crippen LogP contribution in [0.2, 0.25) is 0 Å². The van der Waals surface area contributed by atoms with Gasteiger partial charge in [0.05, 0.1) is 11.3 Å². The first kappa shape index (κ1) is 15.8. The van der Waals surface area contributed by atoms with E-state index in [-0.39, 0.29) is 17.6 Å². The Bertz CT molecular complexity index is 548. The Morgan fingerprint density at radius 2 is 2.19 bits per heavy atom. The summed E-state index contributed by atoms with van der Waals surface area (Å²) in [5.74, 6) is -1.06. The van der Waals surface area contributed by atoms with E-state index in [1.54, 1.807) is 12.1 Å². The lowest BCUT2D eigenvalue weighted by Gasteiger charge is -2.35. The maximum Gasteiger partial charge on any atom is 0.337 e. The molecule has 0 bridgehead atoms. The summed E-state index contributed by atoms with van der Waals surface area (Å²) < 4.78 is 0.570. The van der Waals surface area contributed by atoms with E-state index in [0.717, 1.165) is 32.2 Å². The first-order valence-electron chi connectivity index (χ1n) is 7.14. The van der Waals surface area contributed by atoms with E-state index >= 15 is 0 Å². The Morgan fingerprint density at radius 3 is 2.86 bits per heavy atom. The molecular weight excluding hydrogens is 336 g/mol. The fourth-order valence-corrected chi connectivity index (χ4v) is 3.17. The second-order valence-electron chi connectivity index (χ2n) is 5.15. The van der Waals surface area contributed by atoms with Gasteiger partial charge in [0.15, 0.2) is 0 Å². The van der Waals surface area contributed by atoms with Gasteiger partial charge in [0, 0.05) is 17.1 Å². The summed E-state index contributed by atoms with van der Waals surface area (Å²) in [6.07, 6.45) is 4.05. The third-order valence-corrected chi connectivity index (χ3v) is 4.50. The molecular formula is C15H19BrN2O3. The quantitative estimate of drug-likeness (QED) is 0.863. The van der Waals surface area contributed by atoms with Crippen molar-refractivity contribution < 1.29 is 14.7 Å². The number of benzene rings is 1. The molecule has 114 valence electrons. The Morgan fingerprint density at radius 1 is 1.43 bits per heavy atom. The summed E-state index contributed by atoms with van der Waals surface area (Å²) in [4.78, 5) is 25.5. The third-order valence-electron chi connectivity index (χ3n) is 3.84. The smallest absolute Gasteiger partial charge is 0.337 e. The Kier molecular flexibility index (Phi) is 5.22. The van der Waals surface area contributed by atoms with Crippen LogP contribution in [0.15, 0.2) is 22.7 Å². The number of nitrogens with one attached hydrogen (secondary N) is 1. The molecule has 1 aliphatic rings. The Hall–Kier alpha value is -1.56. The van der Waals surface area contributed by atoms with Crippen LogP contribution in [0.3, 0.4) is 0 Å². The highest BCUT2D eigenvalue weighted by atomic mass is 79.9. The predicted octanol–water partition coefficient (Wildman–Crippen LogP) is 3.94. The lowest BCUT2D eigenvalue weighted by atomic mass is 10.0. The summed E-state index contributed by atoms with van der Waals surface area (Å²) in [7, 11) is 0. The van der Waals surface area contributed by atoms with Crippen LogP contribution in [0.5, 0.6) is 0 Å². The van der Waals surface area contributed by atoms with Gasteiger partial charge in [0.25, 0.3) is 0 Å². The number of nitrogens with zero attached hydrogens (tertiary/aromatic N) is 1. The maximum absolute atomic E-state index is 12.5. The van der Waals surface area contributed by atoms with Crippen LogP contribution in [0.1, 0.15) is 43.0 Å². The van der Waals surface area contributed by atoms with Crippen molar-refractivity contribution in [3.8, 4) is 0 Å². The van der Waals surface area contributed by atoms with Crippen molar-refractivity contribution in [2.75, 3.05) is 11.9 Å². The molecule has 1 aromatic rings. The highest BCUT2D eigenvalue weighted by Gasteiger charge is 2.26. The molecule has 1 aromatic carbocycles. The van der Waals surface area contributed by atoms with Crippen LogP contribution < -0.4 is 5.32 Å². The number of rotatable bonds is 3. The summed E-state index contributed by atoms with van der Waals surface area (Å²) in [5, 5.41) is 12.0. The molecule has 2 rings (SSSR count).